The summed E-state index contributed by atoms with van der Waals surface area (Å²) in [6.07, 6.45) is 3.09. The van der Waals surface area contributed by atoms with Gasteiger partial charge in [0.15, 0.2) is 0 Å². The van der Waals surface area contributed by atoms with Crippen LogP contribution in [-0.4, -0.2) is 81.8 Å². The average Bonchev–Trinajstić information content (AvgIpc) is 3.40. The first-order valence-corrected chi connectivity index (χ1v) is 15.6. The Kier molecular flexibility index (Phi) is 13.0. The fourth-order valence-corrected chi connectivity index (χ4v) is 5.22. The lowest BCUT2D eigenvalue weighted by molar-refractivity contribution is -0.141. The number of fused-ring (bicyclic) bond motifs is 1. The van der Waals surface area contributed by atoms with Gasteiger partial charge in [0, 0.05) is 36.9 Å². The second kappa shape index (κ2) is 16.9. The largest absolute Gasteiger partial charge is 0.481 e. The number of nitrogens with one attached hydrogen (secondary N) is 5. The zero-order chi connectivity index (χ0) is 32.9. The second-order valence-corrected chi connectivity index (χ2v) is 11.5. The van der Waals surface area contributed by atoms with E-state index in [9.17, 15) is 33.9 Å². The van der Waals surface area contributed by atoms with Gasteiger partial charge in [-0.3, -0.25) is 28.8 Å². The summed E-state index contributed by atoms with van der Waals surface area (Å²) in [5.41, 5.74) is 7.96. The third-order valence-corrected chi connectivity index (χ3v) is 7.63. The van der Waals surface area contributed by atoms with E-state index in [0.29, 0.717) is 5.75 Å². The van der Waals surface area contributed by atoms with E-state index in [1.54, 1.807) is 36.5 Å². The van der Waals surface area contributed by atoms with Gasteiger partial charge in [-0.15, -0.1) is 0 Å². The number of para-hydroxylation sites is 1. The van der Waals surface area contributed by atoms with Gasteiger partial charge in [0.1, 0.15) is 24.2 Å². The number of benzene rings is 2. The van der Waals surface area contributed by atoms with Crippen LogP contribution in [-0.2, 0) is 41.6 Å². The highest BCUT2D eigenvalue weighted by Crippen LogP contribution is 2.19. The van der Waals surface area contributed by atoms with E-state index in [2.05, 4.69) is 26.3 Å². The number of carbonyl (C=O) groups excluding carboxylic acids is 5. The summed E-state index contributed by atoms with van der Waals surface area (Å²) in [5.74, 6) is -4.57. The summed E-state index contributed by atoms with van der Waals surface area (Å²) in [6, 6.07) is 11.4. The maximum Gasteiger partial charge on any atom is 0.305 e. The molecule has 5 amide bonds. The number of aromatic nitrogens is 1. The third-order valence-electron chi connectivity index (χ3n) is 6.99. The average molecular weight is 639 g/mol. The highest BCUT2D eigenvalue weighted by atomic mass is 32.2. The minimum absolute atomic E-state index is 0.0946. The highest BCUT2D eigenvalue weighted by Gasteiger charge is 2.32. The lowest BCUT2D eigenvalue weighted by Gasteiger charge is -2.25. The van der Waals surface area contributed by atoms with Crippen LogP contribution in [0.4, 0.5) is 0 Å². The van der Waals surface area contributed by atoms with E-state index < -0.39 is 66.1 Å². The van der Waals surface area contributed by atoms with Crippen LogP contribution in [0, 0.1) is 0 Å². The normalized spacial score (nSPS) is 13.6. The number of primary amides is 1. The molecule has 13 nitrogen and oxygen atoms in total. The number of hydrogen-bond acceptors (Lipinski definition) is 7. The Bertz CT molecular complexity index is 1510. The molecule has 3 aromatic rings. The quantitative estimate of drug-likeness (QED) is 0.111. The van der Waals surface area contributed by atoms with Crippen molar-refractivity contribution < 1.29 is 33.9 Å². The third kappa shape index (κ3) is 10.7. The molecule has 0 fully saturated rings. The number of aliphatic carboxylic acids is 1. The van der Waals surface area contributed by atoms with Crippen LogP contribution < -0.4 is 27.0 Å². The van der Waals surface area contributed by atoms with Crippen LogP contribution >= 0.6 is 11.8 Å². The molecule has 0 bridgehead atoms. The SMILES string of the molecule is CSCC[C@H](NC(=O)[C@H](CC(=O)O)NC(=O)[C@H](Cc1ccccc1)NC(C)=O)C(=O)N[C@@H](Cc1c[nH]c2ccccc12)C(N)=O. The van der Waals surface area contributed by atoms with Crippen LogP contribution in [0.3, 0.4) is 0 Å². The Morgan fingerprint density at radius 2 is 1.40 bits per heavy atom. The van der Waals surface area contributed by atoms with Gasteiger partial charge >= 0.3 is 5.97 Å². The van der Waals surface area contributed by atoms with Crippen LogP contribution in [0.2, 0.25) is 0 Å². The number of aromatic amines is 1. The van der Waals surface area contributed by atoms with Gasteiger partial charge in [-0.2, -0.15) is 11.8 Å². The maximum atomic E-state index is 13.4. The Morgan fingerprint density at radius 3 is 2.04 bits per heavy atom. The summed E-state index contributed by atoms with van der Waals surface area (Å²) in [7, 11) is 0. The Balaban J connectivity index is 1.75. The maximum absolute atomic E-state index is 13.4. The molecule has 1 heterocycles. The molecule has 0 unspecified atom stereocenters. The molecule has 0 saturated heterocycles. The molecule has 2 aromatic carbocycles. The van der Waals surface area contributed by atoms with Gasteiger partial charge in [0.05, 0.1) is 6.42 Å². The fraction of sp³-hybridized carbons (Fsp3) is 0.355. The molecule has 0 radical (unpaired) electrons. The van der Waals surface area contributed by atoms with Crippen molar-refractivity contribution in [1.29, 1.82) is 0 Å². The molecule has 8 N–H and O–H groups in total. The van der Waals surface area contributed by atoms with Gasteiger partial charge in [-0.05, 0) is 35.6 Å². The number of H-pyrrole nitrogens is 1. The first-order valence-electron chi connectivity index (χ1n) is 14.3. The van der Waals surface area contributed by atoms with E-state index in [4.69, 9.17) is 5.73 Å². The molecule has 0 aliphatic rings. The topological polar surface area (TPSA) is 213 Å². The number of thioether (sulfide) groups is 1. The Morgan fingerprint density at radius 1 is 0.800 bits per heavy atom. The number of carbonyl (C=O) groups is 6. The van der Waals surface area contributed by atoms with Crippen molar-refractivity contribution in [2.45, 2.75) is 56.8 Å². The predicted molar refractivity (Wildman–Crippen MR) is 170 cm³/mol. The van der Waals surface area contributed by atoms with Gasteiger partial charge < -0.3 is 37.1 Å². The molecular weight excluding hydrogens is 600 g/mol. The van der Waals surface area contributed by atoms with Gasteiger partial charge in [0.25, 0.3) is 0 Å². The van der Waals surface area contributed by atoms with E-state index in [0.717, 1.165) is 22.0 Å². The molecule has 3 rings (SSSR count). The number of nitrogens with two attached hydrogens (primary N) is 1. The summed E-state index contributed by atoms with van der Waals surface area (Å²) in [6.45, 7) is 1.24. The first-order chi connectivity index (χ1) is 21.5. The minimum atomic E-state index is -1.57. The molecule has 4 atom stereocenters. The number of amides is 5. The fourth-order valence-electron chi connectivity index (χ4n) is 4.75. The summed E-state index contributed by atoms with van der Waals surface area (Å²) < 4.78 is 0. The smallest absolute Gasteiger partial charge is 0.305 e. The zero-order valence-electron chi connectivity index (χ0n) is 25.0. The molecular formula is C31H38N6O7S. The number of rotatable bonds is 17. The van der Waals surface area contributed by atoms with E-state index in [1.165, 1.54) is 18.7 Å². The van der Waals surface area contributed by atoms with E-state index in [-0.39, 0.29) is 19.3 Å². The van der Waals surface area contributed by atoms with Gasteiger partial charge in [-0.25, -0.2) is 0 Å². The predicted octanol–water partition coefficient (Wildman–Crippen LogP) is 0.625. The van der Waals surface area contributed by atoms with Crippen molar-refractivity contribution in [3.05, 3.63) is 71.9 Å². The molecule has 240 valence electrons. The van der Waals surface area contributed by atoms with Crippen molar-refractivity contribution in [2.24, 2.45) is 5.73 Å². The molecule has 0 aliphatic heterocycles. The van der Waals surface area contributed by atoms with Crippen molar-refractivity contribution in [2.75, 3.05) is 12.0 Å². The van der Waals surface area contributed by atoms with Gasteiger partial charge in [-0.1, -0.05) is 48.5 Å². The summed E-state index contributed by atoms with van der Waals surface area (Å²) in [4.78, 5) is 78.9. The van der Waals surface area contributed by atoms with Crippen molar-refractivity contribution >= 4 is 58.2 Å². The van der Waals surface area contributed by atoms with E-state index >= 15 is 0 Å². The van der Waals surface area contributed by atoms with Crippen molar-refractivity contribution in [3.63, 3.8) is 0 Å². The number of carboxylic acid groups (broad SMARTS) is 1. The lowest BCUT2D eigenvalue weighted by Crippen LogP contribution is -2.58. The molecule has 14 heteroatoms. The zero-order valence-corrected chi connectivity index (χ0v) is 25.8. The van der Waals surface area contributed by atoms with Crippen LogP contribution in [0.5, 0.6) is 0 Å². The summed E-state index contributed by atoms with van der Waals surface area (Å²) >= 11 is 1.41. The lowest BCUT2D eigenvalue weighted by atomic mass is 10.0. The second-order valence-electron chi connectivity index (χ2n) is 10.5. The van der Waals surface area contributed by atoms with Gasteiger partial charge in [0.2, 0.25) is 29.5 Å². The Labute approximate surface area is 264 Å². The van der Waals surface area contributed by atoms with Crippen molar-refractivity contribution in [3.8, 4) is 0 Å². The molecule has 0 saturated carbocycles. The molecule has 0 spiro atoms. The number of hydrogen-bond donors (Lipinski definition) is 7. The standard InChI is InChI=1S/C31H38N6O7S/c1-18(38)34-25(14-19-8-4-3-5-9-19)30(43)37-26(16-27(39)40)31(44)35-23(12-13-45-2)29(42)36-24(28(32)41)15-20-17-33-22-11-7-6-10-21(20)22/h3-11,17,23-26,33H,12-16H2,1-2H3,(H2,32,41)(H,34,38)(H,35,44)(H,36,42)(H,37,43)(H,39,40)/t23-,24-,25-,26-/m0/s1. The first kappa shape index (κ1) is 34.6. The van der Waals surface area contributed by atoms with Crippen molar-refractivity contribution in [1.82, 2.24) is 26.3 Å². The van der Waals surface area contributed by atoms with Crippen LogP contribution in [0.1, 0.15) is 30.9 Å². The van der Waals surface area contributed by atoms with Crippen LogP contribution in [0.25, 0.3) is 10.9 Å². The highest BCUT2D eigenvalue weighted by molar-refractivity contribution is 7.98. The molecule has 0 aliphatic carbocycles. The Hall–Kier alpha value is -4.85. The molecule has 45 heavy (non-hydrogen) atoms. The minimum Gasteiger partial charge on any atom is -0.481 e. The number of carboxylic acids is 1. The summed E-state index contributed by atoms with van der Waals surface area (Å²) in [5, 5.41) is 20.5. The van der Waals surface area contributed by atoms with E-state index in [1.807, 2.05) is 30.5 Å². The monoisotopic (exact) mass is 638 g/mol. The molecule has 1 aromatic heterocycles. The van der Waals surface area contributed by atoms with Crippen LogP contribution in [0.15, 0.2) is 60.8 Å².